The lowest BCUT2D eigenvalue weighted by Crippen LogP contribution is -2.14. The van der Waals surface area contributed by atoms with Crippen molar-refractivity contribution in [2.24, 2.45) is 5.73 Å². The van der Waals surface area contributed by atoms with Crippen molar-refractivity contribution in [2.45, 2.75) is 37.4 Å². The first-order chi connectivity index (χ1) is 8.83. The van der Waals surface area contributed by atoms with Crippen LogP contribution in [-0.2, 0) is 14.3 Å². The maximum atomic E-state index is 11.4. The largest absolute Gasteiger partial charge is 0.463 e. The number of hydrogen-bond acceptors (Lipinski definition) is 6. The van der Waals surface area contributed by atoms with E-state index < -0.39 is 0 Å². The zero-order chi connectivity index (χ0) is 13.1. The molecule has 0 radical (unpaired) electrons. The Kier molecular flexibility index (Phi) is 9.83. The molecule has 0 aromatic carbocycles. The maximum Gasteiger partial charge on any atom is 0.305 e. The molecular formula is C12H23NO3S2. The summed E-state index contributed by atoms with van der Waals surface area (Å²) in [5, 5.41) is 0.802. The highest BCUT2D eigenvalue weighted by Crippen LogP contribution is 2.39. The van der Waals surface area contributed by atoms with Crippen molar-refractivity contribution in [1.29, 1.82) is 0 Å². The van der Waals surface area contributed by atoms with Crippen molar-refractivity contribution in [1.82, 2.24) is 0 Å². The first-order valence-corrected chi connectivity index (χ1v) is 8.93. The molecule has 1 heterocycles. The van der Waals surface area contributed by atoms with Gasteiger partial charge in [-0.05, 0) is 19.3 Å². The van der Waals surface area contributed by atoms with Gasteiger partial charge in [0.2, 0.25) is 0 Å². The van der Waals surface area contributed by atoms with Gasteiger partial charge in [-0.15, -0.1) is 0 Å². The summed E-state index contributed by atoms with van der Waals surface area (Å²) < 4.78 is 10.2. The van der Waals surface area contributed by atoms with Crippen molar-refractivity contribution in [3.05, 3.63) is 0 Å². The first kappa shape index (κ1) is 16.1. The van der Waals surface area contributed by atoms with E-state index >= 15 is 0 Å². The summed E-state index contributed by atoms with van der Waals surface area (Å²) in [5.74, 6) is 1.17. The number of carbonyl (C=O) groups is 1. The van der Waals surface area contributed by atoms with Crippen LogP contribution in [-0.4, -0.2) is 43.3 Å². The molecule has 1 fully saturated rings. The Bertz CT molecular complexity index is 223. The minimum absolute atomic E-state index is 0.111. The van der Waals surface area contributed by atoms with Gasteiger partial charge in [0.1, 0.15) is 6.61 Å². The standard InChI is InChI=1S/C12H23NO3S2/c13-6-7-15-8-9-16-12(14)4-2-1-3-11-5-10-17-18-11/h11H,1-10,13H2/t11-/m1/s1. The van der Waals surface area contributed by atoms with Crippen LogP contribution < -0.4 is 5.73 Å². The molecule has 0 aliphatic carbocycles. The summed E-state index contributed by atoms with van der Waals surface area (Å²) in [7, 11) is 3.96. The zero-order valence-electron chi connectivity index (χ0n) is 10.8. The molecule has 1 aliphatic rings. The SMILES string of the molecule is NCCOCCOC(=O)CCCC[C@@H]1CCSS1. The van der Waals surface area contributed by atoms with Crippen molar-refractivity contribution in [2.75, 3.05) is 32.1 Å². The van der Waals surface area contributed by atoms with Crippen LogP contribution in [0, 0.1) is 0 Å². The summed E-state index contributed by atoms with van der Waals surface area (Å²) in [6, 6.07) is 0. The predicted octanol–water partition coefficient (Wildman–Crippen LogP) is 2.22. The number of carbonyl (C=O) groups excluding carboxylic acids is 1. The van der Waals surface area contributed by atoms with E-state index in [0.717, 1.165) is 18.1 Å². The van der Waals surface area contributed by atoms with Crippen LogP contribution in [0.5, 0.6) is 0 Å². The highest BCUT2D eigenvalue weighted by molar-refractivity contribution is 8.77. The van der Waals surface area contributed by atoms with Crippen LogP contribution in [0.1, 0.15) is 32.1 Å². The molecule has 0 bridgehead atoms. The van der Waals surface area contributed by atoms with Crippen LogP contribution in [0.3, 0.4) is 0 Å². The molecule has 106 valence electrons. The highest BCUT2D eigenvalue weighted by Gasteiger charge is 2.15. The van der Waals surface area contributed by atoms with Crippen LogP contribution in [0.4, 0.5) is 0 Å². The highest BCUT2D eigenvalue weighted by atomic mass is 33.1. The summed E-state index contributed by atoms with van der Waals surface area (Å²) in [6.45, 7) is 1.81. The summed E-state index contributed by atoms with van der Waals surface area (Å²) in [4.78, 5) is 11.4. The number of unbranched alkanes of at least 4 members (excludes halogenated alkanes) is 1. The number of rotatable bonds is 10. The molecule has 0 amide bonds. The summed E-state index contributed by atoms with van der Waals surface area (Å²) in [6.07, 6.45) is 5.13. The number of hydrogen-bond donors (Lipinski definition) is 1. The summed E-state index contributed by atoms with van der Waals surface area (Å²) >= 11 is 0. The van der Waals surface area contributed by atoms with Gasteiger partial charge in [0.05, 0.1) is 13.2 Å². The lowest BCUT2D eigenvalue weighted by atomic mass is 10.1. The quantitative estimate of drug-likeness (QED) is 0.378. The predicted molar refractivity (Wildman–Crippen MR) is 77.8 cm³/mol. The second-order valence-electron chi connectivity index (χ2n) is 4.20. The molecule has 18 heavy (non-hydrogen) atoms. The molecule has 1 saturated heterocycles. The van der Waals surface area contributed by atoms with Gasteiger partial charge in [-0.25, -0.2) is 0 Å². The maximum absolute atomic E-state index is 11.4. The summed E-state index contributed by atoms with van der Waals surface area (Å²) in [5.41, 5.74) is 5.27. The molecule has 0 aromatic heterocycles. The second kappa shape index (κ2) is 11.0. The van der Waals surface area contributed by atoms with Crippen LogP contribution in [0.25, 0.3) is 0 Å². The molecule has 2 N–H and O–H groups in total. The smallest absolute Gasteiger partial charge is 0.305 e. The second-order valence-corrected chi connectivity index (χ2v) is 6.98. The average molecular weight is 293 g/mol. The van der Waals surface area contributed by atoms with Crippen molar-refractivity contribution in [3.63, 3.8) is 0 Å². The minimum atomic E-state index is -0.111. The van der Waals surface area contributed by atoms with Crippen molar-refractivity contribution in [3.8, 4) is 0 Å². The molecule has 1 aliphatic heterocycles. The van der Waals surface area contributed by atoms with Crippen molar-refractivity contribution < 1.29 is 14.3 Å². The Morgan fingerprint density at radius 3 is 2.89 bits per heavy atom. The van der Waals surface area contributed by atoms with E-state index in [1.165, 1.54) is 18.6 Å². The van der Waals surface area contributed by atoms with Gasteiger partial charge in [0.25, 0.3) is 0 Å². The van der Waals surface area contributed by atoms with Gasteiger partial charge in [-0.1, -0.05) is 28.0 Å². The normalized spacial score (nSPS) is 19.1. The Morgan fingerprint density at radius 2 is 2.17 bits per heavy atom. The average Bonchev–Trinajstić information content (AvgIpc) is 2.87. The molecule has 1 atom stereocenters. The van der Waals surface area contributed by atoms with Gasteiger partial charge < -0.3 is 15.2 Å². The van der Waals surface area contributed by atoms with Gasteiger partial charge in [0, 0.05) is 24.0 Å². The van der Waals surface area contributed by atoms with E-state index in [2.05, 4.69) is 0 Å². The molecule has 6 heteroatoms. The van der Waals surface area contributed by atoms with E-state index in [1.807, 2.05) is 21.6 Å². The van der Waals surface area contributed by atoms with Gasteiger partial charge in [-0.3, -0.25) is 4.79 Å². The fraction of sp³-hybridized carbons (Fsp3) is 0.917. The van der Waals surface area contributed by atoms with E-state index in [0.29, 0.717) is 32.8 Å². The zero-order valence-corrected chi connectivity index (χ0v) is 12.4. The van der Waals surface area contributed by atoms with E-state index in [1.54, 1.807) is 0 Å². The first-order valence-electron chi connectivity index (χ1n) is 6.54. The van der Waals surface area contributed by atoms with E-state index in [-0.39, 0.29) is 5.97 Å². The topological polar surface area (TPSA) is 61.6 Å². The minimum Gasteiger partial charge on any atom is -0.463 e. The third-order valence-corrected chi connectivity index (χ3v) is 5.64. The molecule has 0 aromatic rings. The van der Waals surface area contributed by atoms with Gasteiger partial charge >= 0.3 is 5.97 Å². The van der Waals surface area contributed by atoms with Crippen LogP contribution >= 0.6 is 21.6 Å². The Labute approximate surface area is 117 Å². The van der Waals surface area contributed by atoms with Gasteiger partial charge in [-0.2, -0.15) is 0 Å². The number of esters is 1. The van der Waals surface area contributed by atoms with Gasteiger partial charge in [0.15, 0.2) is 0 Å². The Hall–Kier alpha value is 0.0900. The third-order valence-electron chi connectivity index (χ3n) is 2.64. The van der Waals surface area contributed by atoms with E-state index in [9.17, 15) is 4.79 Å². The van der Waals surface area contributed by atoms with Crippen LogP contribution in [0.15, 0.2) is 0 Å². The monoisotopic (exact) mass is 293 g/mol. The molecule has 0 spiro atoms. The molecule has 0 unspecified atom stereocenters. The Balaban J connectivity index is 1.84. The lowest BCUT2D eigenvalue weighted by Gasteiger charge is -2.07. The molecule has 4 nitrogen and oxygen atoms in total. The molecule has 0 saturated carbocycles. The molecule has 1 rings (SSSR count). The third kappa shape index (κ3) is 8.24. The fourth-order valence-corrected chi connectivity index (χ4v) is 4.71. The van der Waals surface area contributed by atoms with Crippen LogP contribution in [0.2, 0.25) is 0 Å². The van der Waals surface area contributed by atoms with Crippen molar-refractivity contribution >= 4 is 27.6 Å². The lowest BCUT2D eigenvalue weighted by molar-refractivity contribution is -0.145. The molecular weight excluding hydrogens is 270 g/mol. The number of nitrogens with two attached hydrogens (primary N) is 1. The van der Waals surface area contributed by atoms with E-state index in [4.69, 9.17) is 15.2 Å². The fourth-order valence-electron chi connectivity index (χ4n) is 1.68. The Morgan fingerprint density at radius 1 is 1.28 bits per heavy atom. The number of ether oxygens (including phenoxy) is 2.